The summed E-state index contributed by atoms with van der Waals surface area (Å²) >= 11 is 0. The smallest absolute Gasteiger partial charge is 0.157 e. The second kappa shape index (κ2) is 11.8. The predicted molar refractivity (Wildman–Crippen MR) is 84.1 cm³/mol. The molecule has 1 saturated heterocycles. The van der Waals surface area contributed by atoms with E-state index in [9.17, 15) is 10.2 Å². The fraction of sp³-hybridized carbons (Fsp3) is 0.941. The molecule has 0 amide bonds. The number of hydrogen-bond acceptors (Lipinski definition) is 5. The van der Waals surface area contributed by atoms with Crippen molar-refractivity contribution < 1.29 is 19.7 Å². The number of nitriles is 1. The van der Waals surface area contributed by atoms with E-state index in [2.05, 4.69) is 0 Å². The van der Waals surface area contributed by atoms with E-state index < -0.39 is 5.41 Å². The minimum atomic E-state index is -0.951. The topological polar surface area (TPSA) is 82.7 Å². The minimum Gasteiger partial charge on any atom is -0.395 e. The summed E-state index contributed by atoms with van der Waals surface area (Å²) < 4.78 is 11.2. The molecule has 1 fully saturated rings. The number of unbranched alkanes of at least 4 members (excludes halogenated alkanes) is 5. The number of aliphatic hydroxyl groups excluding tert-OH is 2. The maximum Gasteiger partial charge on any atom is 0.157 e. The van der Waals surface area contributed by atoms with Crippen LogP contribution in [0, 0.1) is 16.7 Å². The monoisotopic (exact) mass is 313 g/mol. The fourth-order valence-electron chi connectivity index (χ4n) is 2.66. The molecular weight excluding hydrogens is 282 g/mol. The standard InChI is InChI=1S/C17H31NO4/c18-13-17(14-19,15-20)10-6-3-1-2-4-7-11-21-16-9-5-8-12-22-16/h16,19-20H,1-12,14-15H2. The van der Waals surface area contributed by atoms with Crippen LogP contribution in [-0.4, -0.2) is 42.9 Å². The minimum absolute atomic E-state index is 0.0184. The molecule has 1 aliphatic heterocycles. The molecule has 0 aromatic heterocycles. The van der Waals surface area contributed by atoms with Crippen molar-refractivity contribution in [3.05, 3.63) is 0 Å². The number of hydrogen-bond donors (Lipinski definition) is 2. The highest BCUT2D eigenvalue weighted by Gasteiger charge is 2.27. The first-order valence-electron chi connectivity index (χ1n) is 8.62. The van der Waals surface area contributed by atoms with Crippen LogP contribution in [0.5, 0.6) is 0 Å². The molecule has 0 saturated carbocycles. The zero-order valence-electron chi connectivity index (χ0n) is 13.6. The maximum atomic E-state index is 9.18. The Bertz CT molecular complexity index is 306. The van der Waals surface area contributed by atoms with Gasteiger partial charge in [0.2, 0.25) is 0 Å². The highest BCUT2D eigenvalue weighted by molar-refractivity contribution is 4.98. The summed E-state index contributed by atoms with van der Waals surface area (Å²) in [6.45, 7) is 1.08. The van der Waals surface area contributed by atoms with Gasteiger partial charge in [-0.25, -0.2) is 0 Å². The third-order valence-corrected chi connectivity index (χ3v) is 4.33. The van der Waals surface area contributed by atoms with Crippen LogP contribution >= 0.6 is 0 Å². The van der Waals surface area contributed by atoms with Gasteiger partial charge in [-0.2, -0.15) is 5.26 Å². The van der Waals surface area contributed by atoms with E-state index in [4.69, 9.17) is 14.7 Å². The summed E-state index contributed by atoms with van der Waals surface area (Å²) in [5.74, 6) is 0. The Balaban J connectivity index is 1.90. The SMILES string of the molecule is N#CC(CO)(CO)CCCCCCCCOC1CCCCO1. The summed E-state index contributed by atoms with van der Waals surface area (Å²) in [5.41, 5.74) is -0.951. The molecule has 5 heteroatoms. The van der Waals surface area contributed by atoms with Crippen molar-refractivity contribution >= 4 is 0 Å². The van der Waals surface area contributed by atoms with Crippen molar-refractivity contribution in [2.45, 2.75) is 70.5 Å². The lowest BCUT2D eigenvalue weighted by molar-refractivity contribution is -0.162. The maximum absolute atomic E-state index is 9.18. The lowest BCUT2D eigenvalue weighted by Crippen LogP contribution is -2.27. The molecule has 1 unspecified atom stereocenters. The van der Waals surface area contributed by atoms with Gasteiger partial charge in [0.1, 0.15) is 5.41 Å². The van der Waals surface area contributed by atoms with E-state index in [1.807, 2.05) is 6.07 Å². The predicted octanol–water partition coefficient (Wildman–Crippen LogP) is 2.75. The summed E-state index contributed by atoms with van der Waals surface area (Å²) in [6.07, 6.45) is 10.4. The molecule has 0 aromatic carbocycles. The molecule has 0 radical (unpaired) electrons. The van der Waals surface area contributed by atoms with Crippen LogP contribution < -0.4 is 0 Å². The van der Waals surface area contributed by atoms with Gasteiger partial charge in [0.15, 0.2) is 6.29 Å². The van der Waals surface area contributed by atoms with Crippen molar-refractivity contribution in [2.75, 3.05) is 26.4 Å². The molecule has 0 aliphatic carbocycles. The average Bonchev–Trinajstić information content (AvgIpc) is 2.58. The van der Waals surface area contributed by atoms with Crippen molar-refractivity contribution in [2.24, 2.45) is 5.41 Å². The molecule has 0 spiro atoms. The second-order valence-electron chi connectivity index (χ2n) is 6.25. The first-order valence-corrected chi connectivity index (χ1v) is 8.62. The largest absolute Gasteiger partial charge is 0.395 e. The lowest BCUT2D eigenvalue weighted by Gasteiger charge is -2.22. The highest BCUT2D eigenvalue weighted by Crippen LogP contribution is 2.23. The molecule has 1 heterocycles. The molecule has 22 heavy (non-hydrogen) atoms. The Morgan fingerprint density at radius 3 is 2.32 bits per heavy atom. The first kappa shape index (κ1) is 19.4. The summed E-state index contributed by atoms with van der Waals surface area (Å²) in [4.78, 5) is 0. The lowest BCUT2D eigenvalue weighted by atomic mass is 9.85. The van der Waals surface area contributed by atoms with E-state index >= 15 is 0 Å². The Morgan fingerprint density at radius 2 is 1.73 bits per heavy atom. The van der Waals surface area contributed by atoms with Gasteiger partial charge in [-0.15, -0.1) is 0 Å². The first-order chi connectivity index (χ1) is 10.8. The number of nitrogens with zero attached hydrogens (tertiary/aromatic N) is 1. The van der Waals surface area contributed by atoms with E-state index in [0.29, 0.717) is 6.42 Å². The Kier molecular flexibility index (Phi) is 10.4. The van der Waals surface area contributed by atoms with Crippen molar-refractivity contribution in [3.8, 4) is 6.07 Å². The molecule has 0 bridgehead atoms. The van der Waals surface area contributed by atoms with Gasteiger partial charge in [-0.1, -0.05) is 32.1 Å². The Morgan fingerprint density at radius 1 is 1.05 bits per heavy atom. The van der Waals surface area contributed by atoms with E-state index in [1.54, 1.807) is 0 Å². The Labute approximate surface area is 134 Å². The second-order valence-corrected chi connectivity index (χ2v) is 6.25. The molecule has 5 nitrogen and oxygen atoms in total. The van der Waals surface area contributed by atoms with Gasteiger partial charge in [0, 0.05) is 13.2 Å². The van der Waals surface area contributed by atoms with Crippen LogP contribution in [0.3, 0.4) is 0 Å². The van der Waals surface area contributed by atoms with Gasteiger partial charge in [-0.3, -0.25) is 0 Å². The molecular formula is C17H31NO4. The van der Waals surface area contributed by atoms with Gasteiger partial charge < -0.3 is 19.7 Å². The van der Waals surface area contributed by atoms with Crippen LogP contribution in [0.1, 0.15) is 64.2 Å². The van der Waals surface area contributed by atoms with Gasteiger partial charge in [0.05, 0.1) is 19.3 Å². The van der Waals surface area contributed by atoms with Gasteiger partial charge in [-0.05, 0) is 32.1 Å². The third kappa shape index (κ3) is 7.55. The summed E-state index contributed by atoms with van der Waals surface area (Å²) in [5, 5.41) is 27.3. The normalized spacial score (nSPS) is 19.0. The van der Waals surface area contributed by atoms with Crippen LogP contribution in [0.4, 0.5) is 0 Å². The summed E-state index contributed by atoms with van der Waals surface area (Å²) in [7, 11) is 0. The summed E-state index contributed by atoms with van der Waals surface area (Å²) in [6, 6.07) is 2.04. The van der Waals surface area contributed by atoms with Gasteiger partial charge in [0.25, 0.3) is 0 Å². The van der Waals surface area contributed by atoms with Gasteiger partial charge >= 0.3 is 0 Å². The fourth-order valence-corrected chi connectivity index (χ4v) is 2.66. The number of rotatable bonds is 12. The molecule has 0 aromatic rings. The van der Waals surface area contributed by atoms with Crippen molar-refractivity contribution in [1.29, 1.82) is 5.26 Å². The molecule has 2 N–H and O–H groups in total. The Hall–Kier alpha value is -0.670. The highest BCUT2D eigenvalue weighted by atomic mass is 16.7. The zero-order valence-corrected chi connectivity index (χ0v) is 13.6. The van der Waals surface area contributed by atoms with Crippen LogP contribution in [0.2, 0.25) is 0 Å². The van der Waals surface area contributed by atoms with Crippen LogP contribution in [0.25, 0.3) is 0 Å². The van der Waals surface area contributed by atoms with Crippen LogP contribution in [0.15, 0.2) is 0 Å². The number of aliphatic hydroxyl groups is 2. The molecule has 1 atom stereocenters. The van der Waals surface area contributed by atoms with Crippen molar-refractivity contribution in [3.63, 3.8) is 0 Å². The van der Waals surface area contributed by atoms with E-state index in [-0.39, 0.29) is 19.5 Å². The molecule has 1 aliphatic rings. The van der Waals surface area contributed by atoms with Crippen molar-refractivity contribution in [1.82, 2.24) is 0 Å². The van der Waals surface area contributed by atoms with E-state index in [1.165, 1.54) is 6.42 Å². The number of ether oxygens (including phenoxy) is 2. The van der Waals surface area contributed by atoms with Crippen LogP contribution in [-0.2, 0) is 9.47 Å². The molecule has 1 rings (SSSR count). The third-order valence-electron chi connectivity index (χ3n) is 4.33. The average molecular weight is 313 g/mol. The zero-order chi connectivity index (χ0) is 16.1. The van der Waals surface area contributed by atoms with E-state index in [0.717, 1.165) is 64.6 Å². The quantitative estimate of drug-likeness (QED) is 0.541. The molecule has 128 valence electrons.